The molecule has 58 valence electrons. The second-order valence-electron chi connectivity index (χ2n) is 1.96. The standard InChI is InChI=1S/C8H10N2O/c1-2-10-11-8-6-4-3-5-7(8)9/h2-6,10H,1,9H2. The summed E-state index contributed by atoms with van der Waals surface area (Å²) in [6, 6.07) is 7.22. The molecule has 3 heteroatoms. The summed E-state index contributed by atoms with van der Waals surface area (Å²) in [4.78, 5) is 4.99. The Morgan fingerprint density at radius 2 is 2.18 bits per heavy atom. The fourth-order valence-electron chi connectivity index (χ4n) is 0.679. The Hall–Kier alpha value is -1.64. The summed E-state index contributed by atoms with van der Waals surface area (Å²) in [6.45, 7) is 3.43. The first kappa shape index (κ1) is 7.47. The molecular weight excluding hydrogens is 140 g/mol. The van der Waals surface area contributed by atoms with Crippen LogP contribution in [0, 0.1) is 0 Å². The predicted molar refractivity (Wildman–Crippen MR) is 44.8 cm³/mol. The van der Waals surface area contributed by atoms with Gasteiger partial charge in [0.05, 0.1) is 5.69 Å². The molecule has 3 N–H and O–H groups in total. The van der Waals surface area contributed by atoms with Crippen molar-refractivity contribution in [1.82, 2.24) is 5.48 Å². The predicted octanol–water partition coefficient (Wildman–Crippen LogP) is 1.30. The maximum Gasteiger partial charge on any atom is 0.177 e. The zero-order valence-electron chi connectivity index (χ0n) is 6.08. The highest BCUT2D eigenvalue weighted by Crippen LogP contribution is 2.18. The highest BCUT2D eigenvalue weighted by Gasteiger charge is 1.95. The second kappa shape index (κ2) is 3.51. The smallest absolute Gasteiger partial charge is 0.177 e. The molecule has 0 atom stereocenters. The largest absolute Gasteiger partial charge is 0.396 e. The van der Waals surface area contributed by atoms with Crippen LogP contribution in [-0.2, 0) is 0 Å². The maximum absolute atomic E-state index is 5.56. The third-order valence-corrected chi connectivity index (χ3v) is 1.17. The van der Waals surface area contributed by atoms with Crippen LogP contribution in [0.5, 0.6) is 5.75 Å². The van der Waals surface area contributed by atoms with Gasteiger partial charge in [-0.25, -0.2) is 5.48 Å². The lowest BCUT2D eigenvalue weighted by Gasteiger charge is -2.05. The van der Waals surface area contributed by atoms with Crippen LogP contribution in [0.4, 0.5) is 5.69 Å². The van der Waals surface area contributed by atoms with E-state index in [9.17, 15) is 0 Å². The van der Waals surface area contributed by atoms with Crippen LogP contribution >= 0.6 is 0 Å². The quantitative estimate of drug-likeness (QED) is 0.504. The number of hydrogen-bond donors (Lipinski definition) is 2. The molecule has 0 fully saturated rings. The lowest BCUT2D eigenvalue weighted by Crippen LogP contribution is -2.10. The molecule has 0 heterocycles. The van der Waals surface area contributed by atoms with Gasteiger partial charge in [-0.15, -0.1) is 0 Å². The van der Waals surface area contributed by atoms with E-state index >= 15 is 0 Å². The minimum atomic E-state index is 0.599. The van der Waals surface area contributed by atoms with Crippen molar-refractivity contribution < 1.29 is 4.84 Å². The molecule has 0 radical (unpaired) electrons. The summed E-state index contributed by atoms with van der Waals surface area (Å²) in [5, 5.41) is 0. The number of nitrogen functional groups attached to an aromatic ring is 1. The number of para-hydroxylation sites is 2. The van der Waals surface area contributed by atoms with Gasteiger partial charge in [-0.2, -0.15) is 0 Å². The number of anilines is 1. The first-order chi connectivity index (χ1) is 5.34. The van der Waals surface area contributed by atoms with Gasteiger partial charge in [0, 0.05) is 6.20 Å². The first-order valence-corrected chi connectivity index (χ1v) is 3.22. The Bertz CT molecular complexity index is 248. The van der Waals surface area contributed by atoms with Gasteiger partial charge < -0.3 is 10.6 Å². The molecule has 0 saturated carbocycles. The molecule has 0 unspecified atom stereocenters. The van der Waals surface area contributed by atoms with E-state index in [1.807, 2.05) is 12.1 Å². The zero-order chi connectivity index (χ0) is 8.10. The van der Waals surface area contributed by atoms with Crippen molar-refractivity contribution in [3.8, 4) is 5.75 Å². The van der Waals surface area contributed by atoms with E-state index in [2.05, 4.69) is 12.1 Å². The molecule has 1 aromatic carbocycles. The topological polar surface area (TPSA) is 47.3 Å². The van der Waals surface area contributed by atoms with Crippen molar-refractivity contribution >= 4 is 5.69 Å². The Morgan fingerprint density at radius 3 is 2.82 bits per heavy atom. The summed E-state index contributed by atoms with van der Waals surface area (Å²) < 4.78 is 0. The average molecular weight is 150 g/mol. The molecule has 1 rings (SSSR count). The van der Waals surface area contributed by atoms with Crippen LogP contribution in [-0.4, -0.2) is 0 Å². The SMILES string of the molecule is C=CNOc1ccccc1N. The lowest BCUT2D eigenvalue weighted by atomic mass is 10.3. The molecule has 0 amide bonds. The van der Waals surface area contributed by atoms with Gasteiger partial charge in [-0.05, 0) is 12.1 Å². The number of hydrogen-bond acceptors (Lipinski definition) is 3. The number of hydroxylamine groups is 1. The van der Waals surface area contributed by atoms with Gasteiger partial charge in [-0.1, -0.05) is 18.7 Å². The summed E-state index contributed by atoms with van der Waals surface area (Å²) in [7, 11) is 0. The molecule has 0 aliphatic heterocycles. The van der Waals surface area contributed by atoms with Gasteiger partial charge in [0.25, 0.3) is 0 Å². The monoisotopic (exact) mass is 150 g/mol. The van der Waals surface area contributed by atoms with Gasteiger partial charge in [0.2, 0.25) is 0 Å². The van der Waals surface area contributed by atoms with Crippen LogP contribution in [0.25, 0.3) is 0 Å². The van der Waals surface area contributed by atoms with Gasteiger partial charge in [0.1, 0.15) is 0 Å². The number of benzene rings is 1. The van der Waals surface area contributed by atoms with E-state index in [0.717, 1.165) is 0 Å². The van der Waals surface area contributed by atoms with Crippen LogP contribution in [0.2, 0.25) is 0 Å². The maximum atomic E-state index is 5.56. The van der Waals surface area contributed by atoms with E-state index in [0.29, 0.717) is 11.4 Å². The molecule has 0 saturated heterocycles. The molecule has 1 aromatic rings. The first-order valence-electron chi connectivity index (χ1n) is 3.22. The van der Waals surface area contributed by atoms with Crippen molar-refractivity contribution in [3.63, 3.8) is 0 Å². The van der Waals surface area contributed by atoms with Crippen LogP contribution in [0.1, 0.15) is 0 Å². The summed E-state index contributed by atoms with van der Waals surface area (Å²) in [6.07, 6.45) is 1.44. The van der Waals surface area contributed by atoms with Gasteiger partial charge >= 0.3 is 0 Å². The number of nitrogens with one attached hydrogen (secondary N) is 1. The van der Waals surface area contributed by atoms with E-state index in [1.165, 1.54) is 6.20 Å². The minimum absolute atomic E-state index is 0.599. The van der Waals surface area contributed by atoms with E-state index in [-0.39, 0.29) is 0 Å². The summed E-state index contributed by atoms with van der Waals surface area (Å²) >= 11 is 0. The third-order valence-electron chi connectivity index (χ3n) is 1.17. The molecule has 0 aromatic heterocycles. The van der Waals surface area contributed by atoms with Crippen molar-refractivity contribution in [2.45, 2.75) is 0 Å². The Morgan fingerprint density at radius 1 is 1.45 bits per heavy atom. The molecule has 11 heavy (non-hydrogen) atoms. The van der Waals surface area contributed by atoms with Gasteiger partial charge in [0.15, 0.2) is 5.75 Å². The van der Waals surface area contributed by atoms with Gasteiger partial charge in [-0.3, -0.25) is 0 Å². The van der Waals surface area contributed by atoms with E-state index < -0.39 is 0 Å². The molecule has 0 spiro atoms. The van der Waals surface area contributed by atoms with Crippen molar-refractivity contribution in [3.05, 3.63) is 37.0 Å². The molecule has 0 aliphatic rings. The van der Waals surface area contributed by atoms with Crippen LogP contribution in [0.15, 0.2) is 37.0 Å². The fraction of sp³-hybridized carbons (Fsp3) is 0. The van der Waals surface area contributed by atoms with E-state index in [4.69, 9.17) is 10.6 Å². The highest BCUT2D eigenvalue weighted by molar-refractivity contribution is 5.51. The Labute approximate surface area is 65.4 Å². The molecule has 0 aliphatic carbocycles. The zero-order valence-corrected chi connectivity index (χ0v) is 6.08. The van der Waals surface area contributed by atoms with Crippen molar-refractivity contribution in [1.29, 1.82) is 0 Å². The van der Waals surface area contributed by atoms with Crippen molar-refractivity contribution in [2.75, 3.05) is 5.73 Å². The second-order valence-corrected chi connectivity index (χ2v) is 1.96. The minimum Gasteiger partial charge on any atom is -0.396 e. The molecule has 3 nitrogen and oxygen atoms in total. The van der Waals surface area contributed by atoms with Crippen LogP contribution in [0.3, 0.4) is 0 Å². The van der Waals surface area contributed by atoms with Crippen LogP contribution < -0.4 is 16.1 Å². The molecule has 0 bridgehead atoms. The summed E-state index contributed by atoms with van der Waals surface area (Å²) in [5.41, 5.74) is 8.65. The normalized spacial score (nSPS) is 8.73. The lowest BCUT2D eigenvalue weighted by molar-refractivity contribution is 0.245. The fourth-order valence-corrected chi connectivity index (χ4v) is 0.679. The number of rotatable bonds is 3. The highest BCUT2D eigenvalue weighted by atomic mass is 16.6. The molecular formula is C8H10N2O. The van der Waals surface area contributed by atoms with E-state index in [1.54, 1.807) is 12.1 Å². The Kier molecular flexibility index (Phi) is 2.38. The Balaban J connectivity index is 2.69. The summed E-state index contributed by atoms with van der Waals surface area (Å²) in [5.74, 6) is 0.604. The third kappa shape index (κ3) is 1.89. The van der Waals surface area contributed by atoms with Crippen molar-refractivity contribution in [2.24, 2.45) is 0 Å². The number of nitrogens with two attached hydrogens (primary N) is 1. The average Bonchev–Trinajstić information content (AvgIpc) is 2.03.